The molecule has 2 bridgehead atoms. The third-order valence-electron chi connectivity index (χ3n) is 5.98. The summed E-state index contributed by atoms with van der Waals surface area (Å²) in [6, 6.07) is 0. The summed E-state index contributed by atoms with van der Waals surface area (Å²) in [5, 5.41) is 0.619. The van der Waals surface area contributed by atoms with Crippen LogP contribution in [0, 0.1) is 17.3 Å². The van der Waals surface area contributed by atoms with E-state index in [2.05, 4.69) is 0 Å². The molecule has 0 aromatic carbocycles. The van der Waals surface area contributed by atoms with Crippen molar-refractivity contribution in [1.29, 1.82) is 0 Å². The van der Waals surface area contributed by atoms with E-state index in [9.17, 15) is 9.59 Å². The Morgan fingerprint density at radius 1 is 1.04 bits per heavy atom. The molecular weight excluding hydrogens is 380 g/mol. The Hall–Kier alpha value is -0.220. The fourth-order valence-corrected chi connectivity index (χ4v) is 6.90. The standard InChI is InChI=1S/C16H15Cl4NO2/c1-2-21-13(22)9-10(17)16(20)8-6-4-3-5-7(8)15(9,14(21)23)11(18)12(16)19/h7-8H,2-6H2,1H3/t7-,8-,15+,16-/m1/s1. The second-order valence-corrected chi connectivity index (χ2v) is 8.42. The smallest absolute Gasteiger partial charge is 0.259 e. The van der Waals surface area contributed by atoms with Crippen molar-refractivity contribution in [3.63, 3.8) is 0 Å². The molecule has 23 heavy (non-hydrogen) atoms. The molecule has 1 saturated carbocycles. The van der Waals surface area contributed by atoms with Crippen LogP contribution in [0.4, 0.5) is 0 Å². The summed E-state index contributed by atoms with van der Waals surface area (Å²) >= 11 is 26.6. The summed E-state index contributed by atoms with van der Waals surface area (Å²) in [4.78, 5) is 26.1. The summed E-state index contributed by atoms with van der Waals surface area (Å²) in [6.07, 6.45) is 3.61. The minimum absolute atomic E-state index is 0.0716. The van der Waals surface area contributed by atoms with Crippen LogP contribution < -0.4 is 0 Å². The van der Waals surface area contributed by atoms with Gasteiger partial charge in [-0.05, 0) is 31.6 Å². The molecule has 0 radical (unpaired) electrons. The molecule has 2 amide bonds. The molecule has 5 rings (SSSR count). The van der Waals surface area contributed by atoms with Crippen LogP contribution in [-0.4, -0.2) is 28.1 Å². The molecule has 0 aromatic heterocycles. The van der Waals surface area contributed by atoms with Crippen molar-refractivity contribution in [1.82, 2.24) is 4.90 Å². The summed E-state index contributed by atoms with van der Waals surface area (Å²) in [5.74, 6) is -0.859. The average Bonchev–Trinajstić information content (AvgIpc) is 2.78. The van der Waals surface area contributed by atoms with Crippen LogP contribution in [-0.2, 0) is 9.59 Å². The maximum atomic E-state index is 13.2. The highest BCUT2D eigenvalue weighted by atomic mass is 35.5. The molecule has 1 saturated heterocycles. The molecule has 5 aliphatic rings. The molecule has 0 aromatic rings. The lowest BCUT2D eigenvalue weighted by molar-refractivity contribution is -0.142. The Morgan fingerprint density at radius 2 is 1.65 bits per heavy atom. The highest BCUT2D eigenvalue weighted by molar-refractivity contribution is 6.53. The number of likely N-dealkylation sites (tertiary alicyclic amines) is 1. The Kier molecular flexibility index (Phi) is 3.47. The lowest BCUT2D eigenvalue weighted by Crippen LogP contribution is -2.59. The summed E-state index contributed by atoms with van der Waals surface area (Å²) < 4.78 is 0. The predicted octanol–water partition coefficient (Wildman–Crippen LogP) is 4.35. The quantitative estimate of drug-likeness (QED) is 0.489. The fraction of sp³-hybridized carbons (Fsp3) is 0.625. The van der Waals surface area contributed by atoms with Crippen molar-refractivity contribution >= 4 is 58.2 Å². The Bertz CT molecular complexity index is 715. The molecule has 7 heteroatoms. The fourth-order valence-electron chi connectivity index (χ4n) is 5.04. The molecule has 1 aliphatic heterocycles. The van der Waals surface area contributed by atoms with E-state index in [1.807, 2.05) is 0 Å². The third-order valence-corrected chi connectivity index (χ3v) is 8.39. The van der Waals surface area contributed by atoms with Crippen molar-refractivity contribution in [3.8, 4) is 0 Å². The first kappa shape index (κ1) is 16.3. The van der Waals surface area contributed by atoms with Gasteiger partial charge in [0.2, 0.25) is 5.91 Å². The normalized spacial score (nSPS) is 42.6. The first-order valence-electron chi connectivity index (χ1n) is 7.86. The topological polar surface area (TPSA) is 37.4 Å². The van der Waals surface area contributed by atoms with Gasteiger partial charge in [0.25, 0.3) is 5.91 Å². The van der Waals surface area contributed by atoms with Crippen LogP contribution in [0.1, 0.15) is 32.6 Å². The number of hydrogen-bond donors (Lipinski definition) is 0. The number of allylic oxidation sites excluding steroid dienone is 2. The van der Waals surface area contributed by atoms with E-state index >= 15 is 0 Å². The van der Waals surface area contributed by atoms with Crippen molar-refractivity contribution < 1.29 is 9.59 Å². The van der Waals surface area contributed by atoms with Gasteiger partial charge in [-0.2, -0.15) is 0 Å². The zero-order valence-corrected chi connectivity index (χ0v) is 15.5. The zero-order chi connectivity index (χ0) is 16.7. The molecular formula is C16H15Cl4NO2. The van der Waals surface area contributed by atoms with Gasteiger partial charge in [-0.15, -0.1) is 11.6 Å². The molecule has 0 unspecified atom stereocenters. The number of nitrogens with zero attached hydrogens (tertiary/aromatic N) is 1. The lowest BCUT2D eigenvalue weighted by atomic mass is 9.50. The minimum atomic E-state index is -1.22. The first-order valence-corrected chi connectivity index (χ1v) is 9.37. The number of amides is 2. The third kappa shape index (κ3) is 1.52. The van der Waals surface area contributed by atoms with Crippen LogP contribution in [0.5, 0.6) is 0 Å². The molecule has 1 spiro atoms. The lowest BCUT2D eigenvalue weighted by Gasteiger charge is -2.57. The number of rotatable bonds is 1. The Labute approximate surface area is 154 Å². The Morgan fingerprint density at radius 3 is 2.26 bits per heavy atom. The van der Waals surface area contributed by atoms with E-state index < -0.39 is 10.3 Å². The van der Waals surface area contributed by atoms with Gasteiger partial charge in [0.15, 0.2) is 0 Å². The monoisotopic (exact) mass is 393 g/mol. The number of imide groups is 1. The summed E-state index contributed by atoms with van der Waals surface area (Å²) in [6.45, 7) is 2.04. The van der Waals surface area contributed by atoms with Crippen molar-refractivity contribution in [3.05, 3.63) is 20.7 Å². The first-order chi connectivity index (χ1) is 10.8. The minimum Gasteiger partial charge on any atom is -0.278 e. The molecule has 4 aliphatic carbocycles. The number of carbonyl (C=O) groups excluding carboxylic acids is 2. The van der Waals surface area contributed by atoms with Gasteiger partial charge in [-0.3, -0.25) is 14.5 Å². The van der Waals surface area contributed by atoms with E-state index in [0.29, 0.717) is 0 Å². The number of carbonyl (C=O) groups is 2. The van der Waals surface area contributed by atoms with Gasteiger partial charge in [0.05, 0.1) is 20.7 Å². The van der Waals surface area contributed by atoms with Gasteiger partial charge in [-0.1, -0.05) is 47.6 Å². The highest BCUT2D eigenvalue weighted by Crippen LogP contribution is 2.72. The molecule has 124 valence electrons. The largest absolute Gasteiger partial charge is 0.278 e. The van der Waals surface area contributed by atoms with Crippen molar-refractivity contribution in [2.75, 3.05) is 6.54 Å². The number of hydrogen-bond acceptors (Lipinski definition) is 2. The van der Waals surface area contributed by atoms with E-state index in [1.54, 1.807) is 6.92 Å². The van der Waals surface area contributed by atoms with Gasteiger partial charge < -0.3 is 0 Å². The molecule has 1 heterocycles. The van der Waals surface area contributed by atoms with Crippen LogP contribution in [0.2, 0.25) is 0 Å². The van der Waals surface area contributed by atoms with E-state index in [0.717, 1.165) is 25.7 Å². The average molecular weight is 395 g/mol. The maximum Gasteiger partial charge on any atom is 0.259 e. The van der Waals surface area contributed by atoms with E-state index in [4.69, 9.17) is 46.4 Å². The molecule has 0 N–H and O–H groups in total. The molecule has 4 atom stereocenters. The highest BCUT2D eigenvalue weighted by Gasteiger charge is 2.74. The van der Waals surface area contributed by atoms with Crippen molar-refractivity contribution in [2.45, 2.75) is 37.5 Å². The molecule has 2 fully saturated rings. The zero-order valence-electron chi connectivity index (χ0n) is 12.5. The predicted molar refractivity (Wildman–Crippen MR) is 90.5 cm³/mol. The van der Waals surface area contributed by atoms with Crippen LogP contribution >= 0.6 is 46.4 Å². The van der Waals surface area contributed by atoms with E-state index in [1.165, 1.54) is 4.90 Å². The summed E-state index contributed by atoms with van der Waals surface area (Å²) in [7, 11) is 0. The van der Waals surface area contributed by atoms with E-state index in [-0.39, 0.29) is 50.9 Å². The van der Waals surface area contributed by atoms with Gasteiger partial charge in [0, 0.05) is 6.54 Å². The molecule has 3 nitrogen and oxygen atoms in total. The van der Waals surface area contributed by atoms with Crippen molar-refractivity contribution in [2.24, 2.45) is 17.3 Å². The second kappa shape index (κ2) is 4.91. The van der Waals surface area contributed by atoms with Gasteiger partial charge in [0.1, 0.15) is 10.3 Å². The maximum absolute atomic E-state index is 13.2. The van der Waals surface area contributed by atoms with Crippen LogP contribution in [0.15, 0.2) is 20.7 Å². The number of halogens is 4. The number of alkyl halides is 1. The second-order valence-electron chi connectivity index (χ2n) is 6.69. The summed E-state index contributed by atoms with van der Waals surface area (Å²) in [5.41, 5.74) is -0.955. The number of likely N-dealkylation sites (N-methyl/N-ethyl adjacent to an activating group) is 1. The van der Waals surface area contributed by atoms with Crippen LogP contribution in [0.3, 0.4) is 0 Å². The SMILES string of the molecule is CCN1C(=O)C2=C(Cl)[C@@]3(Cl)C(Cl)=C(Cl)[C@]2(C1=O)[C@@H]1CCCC[C@H]13. The van der Waals surface area contributed by atoms with Gasteiger partial charge in [-0.25, -0.2) is 0 Å². The Balaban J connectivity index is 2.10. The van der Waals surface area contributed by atoms with Gasteiger partial charge >= 0.3 is 0 Å². The van der Waals surface area contributed by atoms with Crippen LogP contribution in [0.25, 0.3) is 0 Å².